The third-order valence-corrected chi connectivity index (χ3v) is 3.97. The summed E-state index contributed by atoms with van der Waals surface area (Å²) in [5.41, 5.74) is 2.37. The smallest absolute Gasteiger partial charge is 0.274 e. The summed E-state index contributed by atoms with van der Waals surface area (Å²) in [7, 11) is 0. The second-order valence-electron chi connectivity index (χ2n) is 5.18. The van der Waals surface area contributed by atoms with Crippen molar-refractivity contribution < 1.29 is 4.92 Å². The van der Waals surface area contributed by atoms with Gasteiger partial charge >= 0.3 is 0 Å². The van der Waals surface area contributed by atoms with E-state index in [1.807, 2.05) is 6.07 Å². The molecular formula is C16H22N4O2. The van der Waals surface area contributed by atoms with Gasteiger partial charge in [-0.3, -0.25) is 15.1 Å². The van der Waals surface area contributed by atoms with E-state index in [4.69, 9.17) is 0 Å². The summed E-state index contributed by atoms with van der Waals surface area (Å²) in [6.45, 7) is 9.88. The van der Waals surface area contributed by atoms with E-state index < -0.39 is 0 Å². The number of pyridine rings is 1. The lowest BCUT2D eigenvalue weighted by Crippen LogP contribution is -2.28. The van der Waals surface area contributed by atoms with Crippen molar-refractivity contribution in [2.75, 3.05) is 31.5 Å². The summed E-state index contributed by atoms with van der Waals surface area (Å²) in [5, 5.41) is 15.4. The van der Waals surface area contributed by atoms with Crippen LogP contribution in [0.15, 0.2) is 24.4 Å². The molecule has 2 rings (SSSR count). The lowest BCUT2D eigenvalue weighted by atomic mass is 10.1. The van der Waals surface area contributed by atoms with E-state index in [-0.39, 0.29) is 10.6 Å². The quantitative estimate of drug-likeness (QED) is 0.628. The predicted octanol–water partition coefficient (Wildman–Crippen LogP) is 3.21. The number of aromatic nitrogens is 1. The van der Waals surface area contributed by atoms with Gasteiger partial charge in [-0.05, 0) is 32.1 Å². The van der Waals surface area contributed by atoms with Crippen LogP contribution in [0.4, 0.5) is 11.4 Å². The summed E-state index contributed by atoms with van der Waals surface area (Å²) in [6, 6.07) is 5.23. The third kappa shape index (κ3) is 3.33. The van der Waals surface area contributed by atoms with Crippen molar-refractivity contribution in [3.05, 3.63) is 40.1 Å². The average Bonchev–Trinajstić information content (AvgIpc) is 2.52. The second-order valence-corrected chi connectivity index (χ2v) is 5.18. The highest BCUT2D eigenvalue weighted by Crippen LogP contribution is 2.29. The molecule has 1 heterocycles. The summed E-state index contributed by atoms with van der Waals surface area (Å²) in [4.78, 5) is 17.3. The molecule has 0 fully saturated rings. The number of anilines is 1. The largest absolute Gasteiger partial charge is 0.383 e. The van der Waals surface area contributed by atoms with E-state index in [0.29, 0.717) is 11.1 Å². The van der Waals surface area contributed by atoms with E-state index in [1.165, 1.54) is 0 Å². The summed E-state index contributed by atoms with van der Waals surface area (Å²) in [5.74, 6) is 0. The minimum Gasteiger partial charge on any atom is -0.383 e. The molecule has 2 aromatic rings. The van der Waals surface area contributed by atoms with Crippen molar-refractivity contribution >= 4 is 22.3 Å². The minimum absolute atomic E-state index is 0.111. The van der Waals surface area contributed by atoms with E-state index in [0.717, 1.165) is 37.3 Å². The van der Waals surface area contributed by atoms with Crippen LogP contribution in [0, 0.1) is 17.0 Å². The molecule has 0 aliphatic heterocycles. The Hall–Kier alpha value is -2.21. The Bertz CT molecular complexity index is 668. The van der Waals surface area contributed by atoms with Crippen molar-refractivity contribution in [3.63, 3.8) is 0 Å². The van der Waals surface area contributed by atoms with Gasteiger partial charge in [0.2, 0.25) is 0 Å². The molecule has 0 amide bonds. The lowest BCUT2D eigenvalue weighted by molar-refractivity contribution is -0.385. The number of rotatable bonds is 7. The van der Waals surface area contributed by atoms with Gasteiger partial charge in [0.1, 0.15) is 0 Å². The normalized spacial score (nSPS) is 11.1. The molecule has 1 N–H and O–H groups in total. The maximum atomic E-state index is 11.0. The second kappa shape index (κ2) is 7.17. The number of nitro groups is 1. The zero-order valence-corrected chi connectivity index (χ0v) is 13.3. The Morgan fingerprint density at radius 3 is 2.64 bits per heavy atom. The molecule has 6 nitrogen and oxygen atoms in total. The number of fused-ring (bicyclic) bond motifs is 1. The van der Waals surface area contributed by atoms with E-state index in [9.17, 15) is 10.1 Å². The minimum atomic E-state index is -0.364. The molecule has 0 unspecified atom stereocenters. The zero-order chi connectivity index (χ0) is 16.1. The van der Waals surface area contributed by atoms with Crippen LogP contribution in [0.2, 0.25) is 0 Å². The van der Waals surface area contributed by atoms with Crippen LogP contribution in [0.3, 0.4) is 0 Å². The molecule has 0 spiro atoms. The zero-order valence-electron chi connectivity index (χ0n) is 13.3. The number of hydrogen-bond acceptors (Lipinski definition) is 5. The first-order chi connectivity index (χ1) is 10.6. The van der Waals surface area contributed by atoms with Crippen molar-refractivity contribution in [2.45, 2.75) is 20.8 Å². The Kier molecular flexibility index (Phi) is 5.27. The van der Waals surface area contributed by atoms with Gasteiger partial charge in [0.15, 0.2) is 0 Å². The SMILES string of the molecule is CCN(CC)CCNc1ccnc2c(C)c([N+](=O)[O-])ccc12. The van der Waals surface area contributed by atoms with Crippen LogP contribution >= 0.6 is 0 Å². The Labute approximate surface area is 130 Å². The van der Waals surface area contributed by atoms with Crippen molar-refractivity contribution in [1.82, 2.24) is 9.88 Å². The first-order valence-corrected chi connectivity index (χ1v) is 7.57. The number of nitrogens with one attached hydrogen (secondary N) is 1. The van der Waals surface area contributed by atoms with Crippen LogP contribution in [0.1, 0.15) is 19.4 Å². The molecule has 0 saturated heterocycles. The van der Waals surface area contributed by atoms with Gasteiger partial charge in [-0.15, -0.1) is 0 Å². The molecule has 1 aromatic carbocycles. The average molecular weight is 302 g/mol. The molecule has 0 bridgehead atoms. The third-order valence-electron chi connectivity index (χ3n) is 3.97. The molecule has 0 atom stereocenters. The van der Waals surface area contributed by atoms with Gasteiger partial charge < -0.3 is 10.2 Å². The van der Waals surface area contributed by atoms with Crippen LogP contribution in [-0.4, -0.2) is 41.0 Å². The van der Waals surface area contributed by atoms with Gasteiger partial charge in [-0.1, -0.05) is 13.8 Å². The molecule has 6 heteroatoms. The molecule has 118 valence electrons. The number of nitrogens with zero attached hydrogens (tertiary/aromatic N) is 3. The van der Waals surface area contributed by atoms with Crippen molar-refractivity contribution in [3.8, 4) is 0 Å². The van der Waals surface area contributed by atoms with Gasteiger partial charge in [-0.25, -0.2) is 0 Å². The van der Waals surface area contributed by atoms with Crippen molar-refractivity contribution in [1.29, 1.82) is 0 Å². The molecule has 0 aliphatic carbocycles. The summed E-state index contributed by atoms with van der Waals surface area (Å²) in [6.07, 6.45) is 1.69. The summed E-state index contributed by atoms with van der Waals surface area (Å²) >= 11 is 0. The molecule has 0 saturated carbocycles. The Morgan fingerprint density at radius 1 is 1.27 bits per heavy atom. The Balaban J connectivity index is 2.24. The highest BCUT2D eigenvalue weighted by Gasteiger charge is 2.15. The fraction of sp³-hybridized carbons (Fsp3) is 0.438. The van der Waals surface area contributed by atoms with Crippen molar-refractivity contribution in [2.24, 2.45) is 0 Å². The number of hydrogen-bond donors (Lipinski definition) is 1. The topological polar surface area (TPSA) is 71.3 Å². The number of likely N-dealkylation sites (N-methyl/N-ethyl adjacent to an activating group) is 1. The van der Waals surface area contributed by atoms with Crippen LogP contribution in [0.5, 0.6) is 0 Å². The summed E-state index contributed by atoms with van der Waals surface area (Å²) < 4.78 is 0. The fourth-order valence-corrected chi connectivity index (χ4v) is 2.59. The molecule has 1 aromatic heterocycles. The molecular weight excluding hydrogens is 280 g/mol. The predicted molar refractivity (Wildman–Crippen MR) is 89.4 cm³/mol. The Morgan fingerprint density at radius 2 is 2.00 bits per heavy atom. The molecule has 0 radical (unpaired) electrons. The van der Waals surface area contributed by atoms with Crippen LogP contribution < -0.4 is 5.32 Å². The van der Waals surface area contributed by atoms with Gasteiger partial charge in [0.05, 0.1) is 16.0 Å². The van der Waals surface area contributed by atoms with Gasteiger partial charge in [0, 0.05) is 36.4 Å². The van der Waals surface area contributed by atoms with Gasteiger partial charge in [0.25, 0.3) is 5.69 Å². The first-order valence-electron chi connectivity index (χ1n) is 7.57. The highest BCUT2D eigenvalue weighted by atomic mass is 16.6. The van der Waals surface area contributed by atoms with Crippen LogP contribution in [0.25, 0.3) is 10.9 Å². The van der Waals surface area contributed by atoms with E-state index in [2.05, 4.69) is 29.0 Å². The maximum Gasteiger partial charge on any atom is 0.274 e. The fourth-order valence-electron chi connectivity index (χ4n) is 2.59. The first kappa shape index (κ1) is 16.2. The lowest BCUT2D eigenvalue weighted by Gasteiger charge is -2.19. The monoisotopic (exact) mass is 302 g/mol. The van der Waals surface area contributed by atoms with Crippen LogP contribution in [-0.2, 0) is 0 Å². The molecule has 22 heavy (non-hydrogen) atoms. The number of aryl methyl sites for hydroxylation is 1. The van der Waals surface area contributed by atoms with Gasteiger partial charge in [-0.2, -0.15) is 0 Å². The van der Waals surface area contributed by atoms with E-state index in [1.54, 1.807) is 25.3 Å². The number of benzene rings is 1. The maximum absolute atomic E-state index is 11.0. The number of nitro benzene ring substituents is 1. The van der Waals surface area contributed by atoms with E-state index >= 15 is 0 Å². The highest BCUT2D eigenvalue weighted by molar-refractivity contribution is 5.94. The standard InChI is InChI=1S/C16H22N4O2/c1-4-19(5-2)11-10-17-14-8-9-18-16-12(3)15(20(21)22)7-6-13(14)16/h6-9H,4-5,10-11H2,1-3H3,(H,17,18). The molecule has 0 aliphatic rings.